The van der Waals surface area contributed by atoms with Gasteiger partial charge in [-0.05, 0) is 14.0 Å². The summed E-state index contributed by atoms with van der Waals surface area (Å²) in [5.41, 5.74) is 3.08. The summed E-state index contributed by atoms with van der Waals surface area (Å²) in [6.07, 6.45) is 0. The number of nitrogens with one attached hydrogen (secondary N) is 1. The molecule has 0 saturated carbocycles. The van der Waals surface area contributed by atoms with Crippen molar-refractivity contribution in [3.8, 4) is 11.3 Å². The van der Waals surface area contributed by atoms with Crippen molar-refractivity contribution in [2.75, 3.05) is 7.05 Å². The fourth-order valence-electron chi connectivity index (χ4n) is 1.63. The van der Waals surface area contributed by atoms with Gasteiger partial charge in [-0.2, -0.15) is 15.0 Å². The van der Waals surface area contributed by atoms with Crippen LogP contribution >= 0.6 is 12.4 Å². The standard InChI is InChI=1S/C12H16N4.ClH/c1-3-16-14-11(9-13-2)12(15-16)10-7-5-4-6-8-10;/h4-8,13H,3,9H2,1-2H3;1H. The summed E-state index contributed by atoms with van der Waals surface area (Å²) in [6, 6.07) is 10.2. The van der Waals surface area contributed by atoms with Crippen LogP contribution in [0.15, 0.2) is 30.3 Å². The van der Waals surface area contributed by atoms with Crippen molar-refractivity contribution in [3.63, 3.8) is 0 Å². The molecule has 2 aromatic rings. The number of aryl methyl sites for hydroxylation is 1. The van der Waals surface area contributed by atoms with Gasteiger partial charge in [0.05, 0.1) is 6.54 Å². The van der Waals surface area contributed by atoms with Crippen LogP contribution in [0.2, 0.25) is 0 Å². The number of halogens is 1. The van der Waals surface area contributed by atoms with Gasteiger partial charge in [0.25, 0.3) is 0 Å². The fourth-order valence-corrected chi connectivity index (χ4v) is 1.63. The van der Waals surface area contributed by atoms with E-state index in [9.17, 15) is 0 Å². The Kier molecular flexibility index (Phi) is 5.12. The molecule has 0 saturated heterocycles. The van der Waals surface area contributed by atoms with Gasteiger partial charge in [0.2, 0.25) is 0 Å². The maximum atomic E-state index is 4.48. The molecule has 5 heteroatoms. The molecule has 1 N–H and O–H groups in total. The van der Waals surface area contributed by atoms with E-state index in [4.69, 9.17) is 0 Å². The molecule has 0 atom stereocenters. The van der Waals surface area contributed by atoms with Gasteiger partial charge in [-0.1, -0.05) is 30.3 Å². The molecule has 0 unspecified atom stereocenters. The van der Waals surface area contributed by atoms with E-state index >= 15 is 0 Å². The normalized spacial score (nSPS) is 10.0. The second kappa shape index (κ2) is 6.37. The zero-order chi connectivity index (χ0) is 11.4. The molecule has 0 aliphatic rings. The predicted molar refractivity (Wildman–Crippen MR) is 71.1 cm³/mol. The van der Waals surface area contributed by atoms with E-state index < -0.39 is 0 Å². The van der Waals surface area contributed by atoms with Crippen LogP contribution in [-0.4, -0.2) is 22.0 Å². The third kappa shape index (κ3) is 3.05. The monoisotopic (exact) mass is 252 g/mol. The molecule has 0 bridgehead atoms. The van der Waals surface area contributed by atoms with Crippen LogP contribution in [0.1, 0.15) is 12.6 Å². The highest BCUT2D eigenvalue weighted by Crippen LogP contribution is 2.19. The van der Waals surface area contributed by atoms with Gasteiger partial charge in [-0.3, -0.25) is 0 Å². The summed E-state index contributed by atoms with van der Waals surface area (Å²) < 4.78 is 0. The van der Waals surface area contributed by atoms with E-state index in [1.807, 2.05) is 32.2 Å². The van der Waals surface area contributed by atoms with E-state index in [1.54, 1.807) is 4.80 Å². The molecule has 1 aromatic carbocycles. The molecule has 4 nitrogen and oxygen atoms in total. The fraction of sp³-hybridized carbons (Fsp3) is 0.333. The predicted octanol–water partition coefficient (Wildman–Crippen LogP) is 2.11. The van der Waals surface area contributed by atoms with Crippen molar-refractivity contribution in [2.45, 2.75) is 20.0 Å². The summed E-state index contributed by atoms with van der Waals surface area (Å²) in [6.45, 7) is 3.58. The van der Waals surface area contributed by atoms with Gasteiger partial charge < -0.3 is 5.32 Å². The number of nitrogens with zero attached hydrogens (tertiary/aromatic N) is 3. The van der Waals surface area contributed by atoms with Crippen molar-refractivity contribution in [1.82, 2.24) is 20.3 Å². The number of aromatic nitrogens is 3. The van der Waals surface area contributed by atoms with Crippen LogP contribution in [0.25, 0.3) is 11.3 Å². The lowest BCUT2D eigenvalue weighted by molar-refractivity contribution is 0.562. The van der Waals surface area contributed by atoms with Crippen molar-refractivity contribution < 1.29 is 0 Å². The lowest BCUT2D eigenvalue weighted by Crippen LogP contribution is -2.07. The SMILES string of the molecule is CCn1nc(CNC)c(-c2ccccc2)n1.Cl. The topological polar surface area (TPSA) is 42.7 Å². The van der Waals surface area contributed by atoms with Crippen molar-refractivity contribution in [2.24, 2.45) is 0 Å². The largest absolute Gasteiger partial charge is 0.314 e. The van der Waals surface area contributed by atoms with E-state index in [-0.39, 0.29) is 12.4 Å². The minimum Gasteiger partial charge on any atom is -0.314 e. The number of benzene rings is 1. The average Bonchev–Trinajstić information content (AvgIpc) is 2.74. The zero-order valence-corrected chi connectivity index (χ0v) is 10.9. The van der Waals surface area contributed by atoms with Crippen molar-refractivity contribution >= 4 is 12.4 Å². The Morgan fingerprint density at radius 2 is 1.88 bits per heavy atom. The molecule has 92 valence electrons. The lowest BCUT2D eigenvalue weighted by atomic mass is 10.1. The Bertz CT molecular complexity index is 453. The van der Waals surface area contributed by atoms with Crippen LogP contribution in [0.5, 0.6) is 0 Å². The third-order valence-corrected chi connectivity index (χ3v) is 2.40. The first kappa shape index (κ1) is 13.7. The molecule has 0 fully saturated rings. The molecule has 2 rings (SSSR count). The second-order valence-electron chi connectivity index (χ2n) is 3.58. The minimum atomic E-state index is 0. The minimum absolute atomic E-state index is 0. The number of hydrogen-bond donors (Lipinski definition) is 1. The van der Waals surface area contributed by atoms with Gasteiger partial charge in [0.1, 0.15) is 11.4 Å². The molecule has 0 aliphatic heterocycles. The molecular weight excluding hydrogens is 236 g/mol. The smallest absolute Gasteiger partial charge is 0.117 e. The summed E-state index contributed by atoms with van der Waals surface area (Å²) in [5.74, 6) is 0. The molecule has 0 radical (unpaired) electrons. The van der Waals surface area contributed by atoms with Crippen LogP contribution in [0, 0.1) is 0 Å². The van der Waals surface area contributed by atoms with Gasteiger partial charge in [0.15, 0.2) is 0 Å². The van der Waals surface area contributed by atoms with Crippen molar-refractivity contribution in [1.29, 1.82) is 0 Å². The molecule has 0 spiro atoms. The highest BCUT2D eigenvalue weighted by molar-refractivity contribution is 5.85. The van der Waals surface area contributed by atoms with Crippen LogP contribution < -0.4 is 5.32 Å². The Balaban J connectivity index is 0.00000144. The Morgan fingerprint density at radius 1 is 1.18 bits per heavy atom. The summed E-state index contributed by atoms with van der Waals surface area (Å²) in [5, 5.41) is 12.0. The van der Waals surface area contributed by atoms with E-state index in [1.165, 1.54) is 0 Å². The van der Waals surface area contributed by atoms with Gasteiger partial charge >= 0.3 is 0 Å². The Hall–Kier alpha value is -1.39. The average molecular weight is 253 g/mol. The first-order valence-corrected chi connectivity index (χ1v) is 5.49. The lowest BCUT2D eigenvalue weighted by Gasteiger charge is -1.98. The second-order valence-corrected chi connectivity index (χ2v) is 3.58. The molecule has 0 aliphatic carbocycles. The van der Waals surface area contributed by atoms with E-state index in [0.29, 0.717) is 0 Å². The summed E-state index contributed by atoms with van der Waals surface area (Å²) in [7, 11) is 1.92. The molecule has 1 aromatic heterocycles. The Labute approximate surface area is 107 Å². The number of rotatable bonds is 4. The first-order chi connectivity index (χ1) is 7.85. The summed E-state index contributed by atoms with van der Waals surface area (Å²) >= 11 is 0. The molecule has 17 heavy (non-hydrogen) atoms. The van der Waals surface area contributed by atoms with Gasteiger partial charge in [-0.25, -0.2) is 0 Å². The van der Waals surface area contributed by atoms with Crippen LogP contribution in [0.3, 0.4) is 0 Å². The zero-order valence-electron chi connectivity index (χ0n) is 10.1. The molecule has 1 heterocycles. The van der Waals surface area contributed by atoms with Crippen LogP contribution in [0.4, 0.5) is 0 Å². The van der Waals surface area contributed by atoms with Crippen molar-refractivity contribution in [3.05, 3.63) is 36.0 Å². The van der Waals surface area contributed by atoms with Gasteiger partial charge in [0, 0.05) is 12.1 Å². The summed E-state index contributed by atoms with van der Waals surface area (Å²) in [4.78, 5) is 1.73. The van der Waals surface area contributed by atoms with E-state index in [2.05, 4.69) is 27.6 Å². The number of hydrogen-bond acceptors (Lipinski definition) is 3. The van der Waals surface area contributed by atoms with Crippen LogP contribution in [-0.2, 0) is 13.1 Å². The first-order valence-electron chi connectivity index (χ1n) is 5.49. The van der Waals surface area contributed by atoms with Gasteiger partial charge in [-0.15, -0.1) is 12.4 Å². The van der Waals surface area contributed by atoms with E-state index in [0.717, 1.165) is 30.0 Å². The quantitative estimate of drug-likeness (QED) is 0.906. The maximum Gasteiger partial charge on any atom is 0.117 e. The Morgan fingerprint density at radius 3 is 2.47 bits per heavy atom. The maximum absolute atomic E-state index is 4.48. The third-order valence-electron chi connectivity index (χ3n) is 2.40. The highest BCUT2D eigenvalue weighted by atomic mass is 35.5. The molecular formula is C12H17ClN4. The highest BCUT2D eigenvalue weighted by Gasteiger charge is 2.11. The molecule has 0 amide bonds.